The quantitative estimate of drug-likeness (QED) is 0.594. The fourth-order valence-corrected chi connectivity index (χ4v) is 5.14. The fourth-order valence-electron chi connectivity index (χ4n) is 5.14. The maximum atomic E-state index is 13.7. The van der Waals surface area contributed by atoms with E-state index in [1.54, 1.807) is 9.80 Å². The molecule has 8 heteroatoms. The number of ether oxygens (including phenoxy) is 2. The molecule has 2 fully saturated rings. The molecule has 0 aromatic heterocycles. The van der Waals surface area contributed by atoms with Crippen LogP contribution in [0.5, 0.6) is 0 Å². The Balaban J connectivity index is 1.31. The minimum Gasteiger partial charge on any atom is -0.445 e. The summed E-state index contributed by atoms with van der Waals surface area (Å²) in [5, 5.41) is 3.18. The Morgan fingerprint density at radius 1 is 0.895 bits per heavy atom. The largest absolute Gasteiger partial charge is 0.445 e. The van der Waals surface area contributed by atoms with Crippen LogP contribution in [0.4, 0.5) is 9.59 Å². The summed E-state index contributed by atoms with van der Waals surface area (Å²) in [4.78, 5) is 42.3. The average Bonchev–Trinajstić information content (AvgIpc) is 3.38. The van der Waals surface area contributed by atoms with Gasteiger partial charge in [0.15, 0.2) is 0 Å². The lowest BCUT2D eigenvalue weighted by Crippen LogP contribution is -2.49. The van der Waals surface area contributed by atoms with Crippen molar-refractivity contribution in [2.24, 2.45) is 5.92 Å². The molecule has 2 heterocycles. The maximum absolute atomic E-state index is 13.7. The van der Waals surface area contributed by atoms with Gasteiger partial charge in [0, 0.05) is 32.7 Å². The fraction of sp³-hybridized carbons (Fsp3) is 0.500. The lowest BCUT2D eigenvalue weighted by molar-refractivity contribution is -0.126. The van der Waals surface area contributed by atoms with Crippen LogP contribution in [-0.4, -0.2) is 66.2 Å². The molecule has 0 bridgehead atoms. The van der Waals surface area contributed by atoms with Crippen molar-refractivity contribution in [2.75, 3.05) is 32.7 Å². The molecule has 2 aromatic carbocycles. The molecule has 0 spiro atoms. The number of piperidine rings is 1. The second-order valence-corrected chi connectivity index (χ2v) is 11.3. The highest BCUT2D eigenvalue weighted by molar-refractivity contribution is 5.90. The number of nitrogens with zero attached hydrogens (tertiary/aromatic N) is 2. The number of hydrogen-bond donors (Lipinski definition) is 1. The highest BCUT2D eigenvalue weighted by Gasteiger charge is 2.48. The van der Waals surface area contributed by atoms with Gasteiger partial charge in [-0.15, -0.1) is 0 Å². The van der Waals surface area contributed by atoms with Crippen molar-refractivity contribution in [1.29, 1.82) is 0 Å². The van der Waals surface area contributed by atoms with Crippen molar-refractivity contribution >= 4 is 18.1 Å². The van der Waals surface area contributed by atoms with Crippen LogP contribution in [0.25, 0.3) is 0 Å². The minimum absolute atomic E-state index is 0.0699. The van der Waals surface area contributed by atoms with Crippen LogP contribution in [0.1, 0.15) is 51.2 Å². The van der Waals surface area contributed by atoms with Crippen LogP contribution in [0.2, 0.25) is 0 Å². The van der Waals surface area contributed by atoms with Crippen LogP contribution in [0.15, 0.2) is 60.7 Å². The third-order valence-electron chi connectivity index (χ3n) is 7.31. The summed E-state index contributed by atoms with van der Waals surface area (Å²) in [6.07, 6.45) is 1.43. The standard InChI is InChI=1S/C30H39N3O5/c1-29(2,3)38-28(36)33-19-16-30(22-33,25-12-8-5-9-13-25)26(34)31-20-23-14-17-32(18-15-23)27(35)37-21-24-10-6-4-7-11-24/h4-13,23H,14-22H2,1-3H3,(H,31,34)/t30-/m1/s1. The van der Waals surface area contributed by atoms with E-state index < -0.39 is 17.1 Å². The van der Waals surface area contributed by atoms with Crippen molar-refractivity contribution < 1.29 is 23.9 Å². The highest BCUT2D eigenvalue weighted by atomic mass is 16.6. The number of amides is 3. The Hall–Kier alpha value is -3.55. The molecule has 2 saturated heterocycles. The Bertz CT molecular complexity index is 1090. The van der Waals surface area contributed by atoms with Crippen molar-refractivity contribution in [3.8, 4) is 0 Å². The van der Waals surface area contributed by atoms with E-state index in [1.807, 2.05) is 81.4 Å². The molecule has 0 unspecified atom stereocenters. The van der Waals surface area contributed by atoms with Gasteiger partial charge in [-0.05, 0) is 57.1 Å². The first kappa shape index (κ1) is 27.5. The molecule has 204 valence electrons. The summed E-state index contributed by atoms with van der Waals surface area (Å²) in [5.74, 6) is 0.202. The Morgan fingerprint density at radius 2 is 1.53 bits per heavy atom. The third-order valence-corrected chi connectivity index (χ3v) is 7.31. The van der Waals surface area contributed by atoms with Gasteiger partial charge in [0.1, 0.15) is 12.2 Å². The first-order valence-corrected chi connectivity index (χ1v) is 13.4. The Morgan fingerprint density at radius 3 is 2.16 bits per heavy atom. The lowest BCUT2D eigenvalue weighted by Gasteiger charge is -2.33. The topological polar surface area (TPSA) is 88.2 Å². The molecule has 0 aliphatic carbocycles. The van der Waals surface area contributed by atoms with E-state index in [0.717, 1.165) is 24.0 Å². The SMILES string of the molecule is CC(C)(C)OC(=O)N1CC[C@](C(=O)NCC2CCN(C(=O)OCc3ccccc3)CC2)(c2ccccc2)C1. The Kier molecular flexibility index (Phi) is 8.59. The van der Waals surface area contributed by atoms with Crippen LogP contribution in [-0.2, 0) is 26.3 Å². The summed E-state index contributed by atoms with van der Waals surface area (Å²) in [6, 6.07) is 19.3. The zero-order valence-electron chi connectivity index (χ0n) is 22.7. The first-order chi connectivity index (χ1) is 18.2. The van der Waals surface area contributed by atoms with Crippen LogP contribution in [0.3, 0.4) is 0 Å². The zero-order valence-corrected chi connectivity index (χ0v) is 22.7. The molecule has 2 aromatic rings. The summed E-state index contributed by atoms with van der Waals surface area (Å²) in [7, 11) is 0. The smallest absolute Gasteiger partial charge is 0.410 e. The van der Waals surface area contributed by atoms with Gasteiger partial charge >= 0.3 is 12.2 Å². The summed E-state index contributed by atoms with van der Waals surface area (Å²) in [6.45, 7) is 8.26. The number of hydrogen-bond acceptors (Lipinski definition) is 5. The van der Waals surface area contributed by atoms with Gasteiger partial charge in [-0.25, -0.2) is 9.59 Å². The molecule has 2 aliphatic rings. The van der Waals surface area contributed by atoms with Crippen LogP contribution >= 0.6 is 0 Å². The Labute approximate surface area is 225 Å². The molecule has 1 N–H and O–H groups in total. The van der Waals surface area contributed by atoms with E-state index in [1.165, 1.54) is 0 Å². The van der Waals surface area contributed by atoms with Crippen LogP contribution in [0, 0.1) is 5.92 Å². The first-order valence-electron chi connectivity index (χ1n) is 13.4. The minimum atomic E-state index is -0.819. The third kappa shape index (κ3) is 6.85. The molecule has 8 nitrogen and oxygen atoms in total. The van der Waals surface area contributed by atoms with Gasteiger partial charge in [0.2, 0.25) is 5.91 Å². The van der Waals surface area contributed by atoms with E-state index >= 15 is 0 Å². The predicted molar refractivity (Wildman–Crippen MR) is 144 cm³/mol. The molecule has 2 aliphatic heterocycles. The molecule has 0 saturated carbocycles. The monoisotopic (exact) mass is 521 g/mol. The predicted octanol–water partition coefficient (Wildman–Crippen LogP) is 4.73. The lowest BCUT2D eigenvalue weighted by atomic mass is 9.78. The zero-order chi connectivity index (χ0) is 27.2. The van der Waals surface area contributed by atoms with Gasteiger partial charge in [-0.1, -0.05) is 60.7 Å². The summed E-state index contributed by atoms with van der Waals surface area (Å²) in [5.41, 5.74) is 0.447. The average molecular weight is 522 g/mol. The summed E-state index contributed by atoms with van der Waals surface area (Å²) < 4.78 is 11.0. The second kappa shape index (κ2) is 11.9. The van der Waals surface area contributed by atoms with Crippen molar-refractivity contribution in [3.05, 3.63) is 71.8 Å². The molecular formula is C30H39N3O5. The van der Waals surface area contributed by atoms with Gasteiger partial charge in [-0.2, -0.15) is 0 Å². The molecule has 3 amide bonds. The summed E-state index contributed by atoms with van der Waals surface area (Å²) >= 11 is 0. The van der Waals surface area contributed by atoms with E-state index in [-0.39, 0.29) is 31.1 Å². The van der Waals surface area contributed by atoms with Crippen molar-refractivity contribution in [2.45, 2.75) is 57.7 Å². The van der Waals surface area contributed by atoms with Gasteiger partial charge in [-0.3, -0.25) is 4.79 Å². The van der Waals surface area contributed by atoms with Crippen molar-refractivity contribution in [1.82, 2.24) is 15.1 Å². The number of carbonyl (C=O) groups excluding carboxylic acids is 3. The maximum Gasteiger partial charge on any atom is 0.410 e. The molecule has 4 rings (SSSR count). The number of likely N-dealkylation sites (tertiary alicyclic amines) is 2. The van der Waals surface area contributed by atoms with Gasteiger partial charge < -0.3 is 24.6 Å². The van der Waals surface area contributed by atoms with Gasteiger partial charge in [0.05, 0.1) is 5.41 Å². The van der Waals surface area contributed by atoms with E-state index in [9.17, 15) is 14.4 Å². The highest BCUT2D eigenvalue weighted by Crippen LogP contribution is 2.36. The van der Waals surface area contributed by atoms with Crippen molar-refractivity contribution in [3.63, 3.8) is 0 Å². The van der Waals surface area contributed by atoms with Crippen LogP contribution < -0.4 is 5.32 Å². The number of rotatable bonds is 6. The van der Waals surface area contributed by atoms with E-state index in [2.05, 4.69) is 5.32 Å². The molecule has 1 atom stereocenters. The molecule has 0 radical (unpaired) electrons. The molecule has 38 heavy (non-hydrogen) atoms. The number of benzene rings is 2. The van der Waals surface area contributed by atoms with E-state index in [0.29, 0.717) is 32.6 Å². The number of carbonyl (C=O) groups is 3. The molecular weight excluding hydrogens is 482 g/mol. The second-order valence-electron chi connectivity index (χ2n) is 11.3. The van der Waals surface area contributed by atoms with E-state index in [4.69, 9.17) is 9.47 Å². The number of nitrogens with one attached hydrogen (secondary N) is 1. The normalized spacial score (nSPS) is 20.2. The van der Waals surface area contributed by atoms with Gasteiger partial charge in [0.25, 0.3) is 0 Å².